The first-order valence-electron chi connectivity index (χ1n) is 6.96. The first kappa shape index (κ1) is 14.8. The summed E-state index contributed by atoms with van der Waals surface area (Å²) in [6.07, 6.45) is 1.27. The van der Waals surface area contributed by atoms with E-state index in [4.69, 9.17) is 5.26 Å². The second-order valence-electron chi connectivity index (χ2n) is 5.04. The van der Waals surface area contributed by atoms with E-state index < -0.39 is 0 Å². The third-order valence-corrected chi connectivity index (χ3v) is 3.40. The van der Waals surface area contributed by atoms with Crippen LogP contribution in [0.4, 0.5) is 0 Å². The molecule has 2 aromatic rings. The molecule has 0 N–H and O–H groups in total. The monoisotopic (exact) mass is 278 g/mol. The van der Waals surface area contributed by atoms with Gasteiger partial charge in [0, 0.05) is 20.0 Å². The molecule has 0 aliphatic rings. The topological polar surface area (TPSA) is 44.1 Å². The highest BCUT2D eigenvalue weighted by Gasteiger charge is 2.09. The Morgan fingerprint density at radius 2 is 1.71 bits per heavy atom. The van der Waals surface area contributed by atoms with Gasteiger partial charge in [-0.05, 0) is 29.7 Å². The Bertz CT molecular complexity index is 627. The van der Waals surface area contributed by atoms with Gasteiger partial charge in [0.1, 0.15) is 0 Å². The Hall–Kier alpha value is -2.60. The Morgan fingerprint density at radius 1 is 1.05 bits per heavy atom. The fourth-order valence-corrected chi connectivity index (χ4v) is 2.13. The number of amides is 1. The predicted octanol–water partition coefficient (Wildman–Crippen LogP) is 3.15. The predicted molar refractivity (Wildman–Crippen MR) is 82.4 cm³/mol. The van der Waals surface area contributed by atoms with E-state index in [9.17, 15) is 4.79 Å². The number of nitrogens with zero attached hydrogens (tertiary/aromatic N) is 2. The van der Waals surface area contributed by atoms with E-state index in [1.165, 1.54) is 5.56 Å². The molecule has 106 valence electrons. The van der Waals surface area contributed by atoms with E-state index >= 15 is 0 Å². The van der Waals surface area contributed by atoms with Crippen LogP contribution >= 0.6 is 0 Å². The number of aryl methyl sites for hydroxylation is 1. The smallest absolute Gasteiger partial charge is 0.222 e. The maximum absolute atomic E-state index is 12.1. The van der Waals surface area contributed by atoms with E-state index in [1.807, 2.05) is 49.5 Å². The van der Waals surface area contributed by atoms with Crippen LogP contribution in [0.15, 0.2) is 54.6 Å². The Kier molecular flexibility index (Phi) is 5.11. The molecule has 0 aliphatic heterocycles. The molecule has 2 aromatic carbocycles. The molecule has 0 saturated carbocycles. The van der Waals surface area contributed by atoms with E-state index in [2.05, 4.69) is 6.07 Å². The van der Waals surface area contributed by atoms with Crippen molar-refractivity contribution < 1.29 is 4.79 Å². The van der Waals surface area contributed by atoms with Crippen LogP contribution in [0.25, 0.3) is 0 Å². The Morgan fingerprint density at radius 3 is 2.33 bits per heavy atom. The van der Waals surface area contributed by atoms with Crippen molar-refractivity contribution in [2.75, 3.05) is 7.05 Å². The number of benzene rings is 2. The van der Waals surface area contributed by atoms with Gasteiger partial charge < -0.3 is 4.90 Å². The molecule has 0 saturated heterocycles. The zero-order chi connectivity index (χ0) is 15.1. The highest BCUT2D eigenvalue weighted by molar-refractivity contribution is 5.76. The maximum atomic E-state index is 12.1. The van der Waals surface area contributed by atoms with Gasteiger partial charge in [0.25, 0.3) is 0 Å². The number of hydrogen-bond donors (Lipinski definition) is 0. The molecule has 0 spiro atoms. The molecule has 0 radical (unpaired) electrons. The van der Waals surface area contributed by atoms with Crippen LogP contribution in [0.2, 0.25) is 0 Å². The molecule has 3 heteroatoms. The number of nitriles is 1. The molecule has 0 atom stereocenters. The van der Waals surface area contributed by atoms with Crippen LogP contribution < -0.4 is 0 Å². The second-order valence-corrected chi connectivity index (χ2v) is 5.04. The van der Waals surface area contributed by atoms with Gasteiger partial charge in [-0.3, -0.25) is 4.79 Å². The summed E-state index contributed by atoms with van der Waals surface area (Å²) in [5.41, 5.74) is 2.85. The third-order valence-electron chi connectivity index (χ3n) is 3.40. The van der Waals surface area contributed by atoms with Crippen molar-refractivity contribution >= 4 is 5.91 Å². The van der Waals surface area contributed by atoms with E-state index in [1.54, 1.807) is 17.0 Å². The second kappa shape index (κ2) is 7.25. The van der Waals surface area contributed by atoms with Gasteiger partial charge in [-0.25, -0.2) is 0 Å². The van der Waals surface area contributed by atoms with Crippen LogP contribution in [0.5, 0.6) is 0 Å². The molecule has 0 unspecified atom stereocenters. The van der Waals surface area contributed by atoms with E-state index in [0.29, 0.717) is 18.5 Å². The number of carbonyl (C=O) groups is 1. The number of hydrogen-bond acceptors (Lipinski definition) is 2. The zero-order valence-corrected chi connectivity index (χ0v) is 12.1. The first-order valence-corrected chi connectivity index (χ1v) is 6.96. The van der Waals surface area contributed by atoms with Gasteiger partial charge in [0.2, 0.25) is 5.91 Å². The van der Waals surface area contributed by atoms with Crippen molar-refractivity contribution in [2.45, 2.75) is 19.4 Å². The van der Waals surface area contributed by atoms with Gasteiger partial charge in [0.05, 0.1) is 11.6 Å². The normalized spacial score (nSPS) is 9.90. The average molecular weight is 278 g/mol. The third kappa shape index (κ3) is 4.47. The quantitative estimate of drug-likeness (QED) is 0.843. The van der Waals surface area contributed by atoms with Gasteiger partial charge in [0.15, 0.2) is 0 Å². The van der Waals surface area contributed by atoms with E-state index in [-0.39, 0.29) is 5.91 Å². The lowest BCUT2D eigenvalue weighted by molar-refractivity contribution is -0.130. The summed E-state index contributed by atoms with van der Waals surface area (Å²) in [5.74, 6) is 0.128. The summed E-state index contributed by atoms with van der Waals surface area (Å²) in [7, 11) is 1.81. The molecular weight excluding hydrogens is 260 g/mol. The van der Waals surface area contributed by atoms with Crippen molar-refractivity contribution in [3.63, 3.8) is 0 Å². The molecule has 0 bridgehead atoms. The first-order chi connectivity index (χ1) is 10.2. The molecule has 0 aromatic heterocycles. The fraction of sp³-hybridized carbons (Fsp3) is 0.222. The summed E-state index contributed by atoms with van der Waals surface area (Å²) >= 11 is 0. The van der Waals surface area contributed by atoms with Crippen molar-refractivity contribution in [1.82, 2.24) is 4.90 Å². The average Bonchev–Trinajstić information content (AvgIpc) is 2.54. The molecule has 2 rings (SSSR count). The fourth-order valence-electron chi connectivity index (χ4n) is 2.13. The number of carbonyl (C=O) groups excluding carboxylic acids is 1. The largest absolute Gasteiger partial charge is 0.341 e. The minimum absolute atomic E-state index is 0.128. The minimum Gasteiger partial charge on any atom is -0.341 e. The molecule has 0 heterocycles. The summed E-state index contributed by atoms with van der Waals surface area (Å²) < 4.78 is 0. The van der Waals surface area contributed by atoms with Crippen LogP contribution in [-0.2, 0) is 17.8 Å². The van der Waals surface area contributed by atoms with Crippen molar-refractivity contribution in [1.29, 1.82) is 5.26 Å². The summed E-state index contributed by atoms with van der Waals surface area (Å²) in [5, 5.41) is 8.76. The molecule has 3 nitrogen and oxygen atoms in total. The lowest BCUT2D eigenvalue weighted by Crippen LogP contribution is -2.26. The lowest BCUT2D eigenvalue weighted by Gasteiger charge is -2.17. The standard InChI is InChI=1S/C18H18N2O/c1-20(14-17-9-7-16(13-19)8-10-17)18(21)12-11-15-5-3-2-4-6-15/h2-10H,11-12,14H2,1H3. The summed E-state index contributed by atoms with van der Waals surface area (Å²) in [6.45, 7) is 0.569. The SMILES string of the molecule is CN(Cc1ccc(C#N)cc1)C(=O)CCc1ccccc1. The minimum atomic E-state index is 0.128. The van der Waals surface area contributed by atoms with Crippen LogP contribution in [0.3, 0.4) is 0 Å². The number of rotatable bonds is 5. The molecule has 1 amide bonds. The molecule has 0 fully saturated rings. The summed E-state index contributed by atoms with van der Waals surface area (Å²) in [4.78, 5) is 13.8. The van der Waals surface area contributed by atoms with Crippen molar-refractivity contribution in [2.24, 2.45) is 0 Å². The van der Waals surface area contributed by atoms with Crippen molar-refractivity contribution in [3.05, 3.63) is 71.3 Å². The van der Waals surface area contributed by atoms with E-state index in [0.717, 1.165) is 12.0 Å². The lowest BCUT2D eigenvalue weighted by atomic mass is 10.1. The Labute approximate surface area is 125 Å². The van der Waals surface area contributed by atoms with Crippen LogP contribution in [0, 0.1) is 11.3 Å². The van der Waals surface area contributed by atoms with Crippen molar-refractivity contribution in [3.8, 4) is 6.07 Å². The zero-order valence-electron chi connectivity index (χ0n) is 12.1. The molecule has 21 heavy (non-hydrogen) atoms. The van der Waals surface area contributed by atoms with Crippen LogP contribution in [-0.4, -0.2) is 17.9 Å². The highest BCUT2D eigenvalue weighted by Crippen LogP contribution is 2.09. The molecular formula is C18H18N2O. The maximum Gasteiger partial charge on any atom is 0.222 e. The van der Waals surface area contributed by atoms with Crippen LogP contribution in [0.1, 0.15) is 23.1 Å². The highest BCUT2D eigenvalue weighted by atomic mass is 16.2. The van der Waals surface area contributed by atoms with Gasteiger partial charge in [-0.15, -0.1) is 0 Å². The van der Waals surface area contributed by atoms with Gasteiger partial charge in [-0.2, -0.15) is 5.26 Å². The molecule has 0 aliphatic carbocycles. The van der Waals surface area contributed by atoms with Gasteiger partial charge >= 0.3 is 0 Å². The summed E-state index contributed by atoms with van der Waals surface area (Å²) in [6, 6.07) is 19.4. The Balaban J connectivity index is 1.86. The van der Waals surface area contributed by atoms with Gasteiger partial charge in [-0.1, -0.05) is 42.5 Å².